The Kier molecular flexibility index (Phi) is 5.39. The van der Waals surface area contributed by atoms with Crippen molar-refractivity contribution in [3.05, 3.63) is 75.2 Å². The van der Waals surface area contributed by atoms with Gasteiger partial charge in [0.1, 0.15) is 5.75 Å². The number of nitrogens with zero attached hydrogens (tertiary/aromatic N) is 5. The molecule has 0 saturated heterocycles. The molecule has 0 unspecified atom stereocenters. The van der Waals surface area contributed by atoms with Gasteiger partial charge in [0.05, 0.1) is 13.7 Å². The fourth-order valence-electron chi connectivity index (χ4n) is 4.46. The Labute approximate surface area is 202 Å². The van der Waals surface area contributed by atoms with Crippen molar-refractivity contribution < 1.29 is 4.74 Å². The molecule has 6 rings (SSSR count). The number of imidazole rings is 1. The molecule has 0 amide bonds. The lowest BCUT2D eigenvalue weighted by atomic mass is 10.2. The van der Waals surface area contributed by atoms with Gasteiger partial charge < -0.3 is 10.1 Å². The number of rotatable bonds is 9. The van der Waals surface area contributed by atoms with E-state index in [1.807, 2.05) is 41.0 Å². The van der Waals surface area contributed by atoms with Crippen LogP contribution in [0.5, 0.6) is 5.75 Å². The molecule has 3 aromatic heterocycles. The van der Waals surface area contributed by atoms with Crippen molar-refractivity contribution in [3.8, 4) is 5.75 Å². The van der Waals surface area contributed by atoms with Gasteiger partial charge >= 0.3 is 5.69 Å². The van der Waals surface area contributed by atoms with E-state index in [4.69, 9.17) is 9.72 Å². The standard InChI is InChI=1S/C26H28N6O3/c1-35-21-8-6-19(7-9-21)14-30-22-23(29-25(30)28-20-10-12-27-13-11-20)31(15-17-2-3-17)26(34)32(24(22)33)16-18-4-5-18/h6-13,17-18H,2-5,14-16H2,1H3,(H,27,28,29). The van der Waals surface area contributed by atoms with Crippen LogP contribution in [0.1, 0.15) is 31.2 Å². The normalized spacial score (nSPS) is 15.5. The first-order chi connectivity index (χ1) is 17.1. The lowest BCUT2D eigenvalue weighted by Gasteiger charge is -2.13. The van der Waals surface area contributed by atoms with E-state index < -0.39 is 0 Å². The van der Waals surface area contributed by atoms with Crippen LogP contribution in [0.3, 0.4) is 0 Å². The highest BCUT2D eigenvalue weighted by Crippen LogP contribution is 2.32. The van der Waals surface area contributed by atoms with Gasteiger partial charge in [-0.15, -0.1) is 0 Å². The number of fused-ring (bicyclic) bond motifs is 1. The summed E-state index contributed by atoms with van der Waals surface area (Å²) >= 11 is 0. The zero-order valence-electron chi connectivity index (χ0n) is 19.7. The molecule has 0 radical (unpaired) electrons. The molecule has 1 aromatic carbocycles. The summed E-state index contributed by atoms with van der Waals surface area (Å²) in [5.41, 5.74) is 2.19. The zero-order chi connectivity index (χ0) is 23.9. The maximum atomic E-state index is 13.8. The number of aromatic nitrogens is 5. The predicted octanol–water partition coefficient (Wildman–Crippen LogP) is 3.38. The van der Waals surface area contributed by atoms with Crippen LogP contribution in [-0.2, 0) is 19.6 Å². The van der Waals surface area contributed by atoms with Crippen molar-refractivity contribution in [3.63, 3.8) is 0 Å². The van der Waals surface area contributed by atoms with Crippen LogP contribution in [0.25, 0.3) is 11.2 Å². The van der Waals surface area contributed by atoms with Gasteiger partial charge in [0, 0.05) is 31.2 Å². The molecule has 180 valence electrons. The van der Waals surface area contributed by atoms with Crippen LogP contribution < -0.4 is 21.3 Å². The number of pyridine rings is 1. The average Bonchev–Trinajstić information content (AvgIpc) is 3.81. The number of hydrogen-bond acceptors (Lipinski definition) is 6. The molecule has 0 spiro atoms. The SMILES string of the molecule is COc1ccc(Cn2c(Nc3ccncc3)nc3c2c(=O)n(CC2CC2)c(=O)n3CC2CC2)cc1. The van der Waals surface area contributed by atoms with E-state index in [2.05, 4.69) is 10.3 Å². The van der Waals surface area contributed by atoms with Gasteiger partial charge in [-0.25, -0.2) is 4.79 Å². The van der Waals surface area contributed by atoms with Crippen molar-refractivity contribution in [2.45, 2.75) is 45.3 Å². The first-order valence-corrected chi connectivity index (χ1v) is 12.1. The molecule has 4 aromatic rings. The second-order valence-electron chi connectivity index (χ2n) is 9.60. The van der Waals surface area contributed by atoms with Gasteiger partial charge in [0.15, 0.2) is 11.2 Å². The van der Waals surface area contributed by atoms with Crippen LogP contribution in [-0.4, -0.2) is 30.8 Å². The van der Waals surface area contributed by atoms with Gasteiger partial charge in [0.25, 0.3) is 5.56 Å². The molecular weight excluding hydrogens is 444 g/mol. The monoisotopic (exact) mass is 472 g/mol. The van der Waals surface area contributed by atoms with Crippen molar-refractivity contribution in [2.75, 3.05) is 12.4 Å². The van der Waals surface area contributed by atoms with Gasteiger partial charge in [-0.2, -0.15) is 4.98 Å². The minimum absolute atomic E-state index is 0.245. The molecule has 3 heterocycles. The summed E-state index contributed by atoms with van der Waals surface area (Å²) in [7, 11) is 1.64. The molecule has 0 aliphatic heterocycles. The number of nitrogens with one attached hydrogen (secondary N) is 1. The summed E-state index contributed by atoms with van der Waals surface area (Å²) in [6.45, 7) is 1.49. The van der Waals surface area contributed by atoms with E-state index in [9.17, 15) is 9.59 Å². The summed E-state index contributed by atoms with van der Waals surface area (Å²) in [5, 5.41) is 3.34. The molecule has 2 aliphatic rings. The van der Waals surface area contributed by atoms with Crippen LogP contribution in [0.4, 0.5) is 11.6 Å². The number of anilines is 2. The molecule has 1 N–H and O–H groups in total. The maximum absolute atomic E-state index is 13.8. The highest BCUT2D eigenvalue weighted by molar-refractivity contribution is 5.76. The molecule has 2 saturated carbocycles. The van der Waals surface area contributed by atoms with Crippen molar-refractivity contribution in [1.29, 1.82) is 0 Å². The first-order valence-electron chi connectivity index (χ1n) is 12.1. The van der Waals surface area contributed by atoms with E-state index in [0.29, 0.717) is 48.6 Å². The minimum Gasteiger partial charge on any atom is -0.497 e. The average molecular weight is 473 g/mol. The second-order valence-corrected chi connectivity index (χ2v) is 9.60. The smallest absolute Gasteiger partial charge is 0.332 e. The van der Waals surface area contributed by atoms with Gasteiger partial charge in [-0.3, -0.25) is 23.5 Å². The molecule has 9 heteroatoms. The Morgan fingerprint density at radius 3 is 2.20 bits per heavy atom. The molecular formula is C26H28N6O3. The van der Waals surface area contributed by atoms with E-state index in [0.717, 1.165) is 42.7 Å². The summed E-state index contributed by atoms with van der Waals surface area (Å²) in [5.74, 6) is 2.15. The highest BCUT2D eigenvalue weighted by atomic mass is 16.5. The predicted molar refractivity (Wildman–Crippen MR) is 133 cm³/mol. The number of ether oxygens (including phenoxy) is 1. The lowest BCUT2D eigenvalue weighted by molar-refractivity contribution is 0.414. The van der Waals surface area contributed by atoms with Crippen LogP contribution in [0, 0.1) is 11.8 Å². The van der Waals surface area contributed by atoms with Crippen molar-refractivity contribution in [1.82, 2.24) is 23.7 Å². The summed E-state index contributed by atoms with van der Waals surface area (Å²) in [6, 6.07) is 11.4. The maximum Gasteiger partial charge on any atom is 0.332 e. The fourth-order valence-corrected chi connectivity index (χ4v) is 4.46. The van der Waals surface area contributed by atoms with Crippen LogP contribution in [0.2, 0.25) is 0 Å². The van der Waals surface area contributed by atoms with Crippen LogP contribution in [0.15, 0.2) is 58.4 Å². The first kappa shape index (κ1) is 21.6. The van der Waals surface area contributed by atoms with Crippen LogP contribution >= 0.6 is 0 Å². The third kappa shape index (κ3) is 4.34. The van der Waals surface area contributed by atoms with Gasteiger partial charge in [-0.05, 0) is 67.3 Å². The third-order valence-electron chi connectivity index (χ3n) is 6.83. The van der Waals surface area contributed by atoms with E-state index >= 15 is 0 Å². The second kappa shape index (κ2) is 8.72. The fraction of sp³-hybridized carbons (Fsp3) is 0.385. The molecule has 0 atom stereocenters. The molecule has 9 nitrogen and oxygen atoms in total. The van der Waals surface area contributed by atoms with E-state index in [-0.39, 0.29) is 11.2 Å². The number of hydrogen-bond donors (Lipinski definition) is 1. The van der Waals surface area contributed by atoms with E-state index in [1.54, 1.807) is 24.1 Å². The molecule has 35 heavy (non-hydrogen) atoms. The van der Waals surface area contributed by atoms with Gasteiger partial charge in [-0.1, -0.05) is 12.1 Å². The number of benzene rings is 1. The topological polar surface area (TPSA) is 96.0 Å². The molecule has 0 bridgehead atoms. The molecule has 2 aliphatic carbocycles. The summed E-state index contributed by atoms with van der Waals surface area (Å²) in [6.07, 6.45) is 7.72. The minimum atomic E-state index is -0.271. The summed E-state index contributed by atoms with van der Waals surface area (Å²) < 4.78 is 10.3. The highest BCUT2D eigenvalue weighted by Gasteiger charge is 2.30. The summed E-state index contributed by atoms with van der Waals surface area (Å²) in [4.78, 5) is 36.2. The Hall–Kier alpha value is -3.88. The van der Waals surface area contributed by atoms with E-state index in [1.165, 1.54) is 4.57 Å². The quantitative estimate of drug-likeness (QED) is 0.401. The van der Waals surface area contributed by atoms with Gasteiger partial charge in [0.2, 0.25) is 5.95 Å². The largest absolute Gasteiger partial charge is 0.497 e. The number of methoxy groups -OCH3 is 1. The Morgan fingerprint density at radius 1 is 0.914 bits per heavy atom. The Bertz CT molecular complexity index is 1480. The Morgan fingerprint density at radius 2 is 1.57 bits per heavy atom. The zero-order valence-corrected chi connectivity index (χ0v) is 19.7. The Balaban J connectivity index is 1.54. The third-order valence-corrected chi connectivity index (χ3v) is 6.83. The molecule has 2 fully saturated rings. The van der Waals surface area contributed by atoms with Crippen molar-refractivity contribution >= 4 is 22.8 Å². The van der Waals surface area contributed by atoms with Crippen molar-refractivity contribution in [2.24, 2.45) is 11.8 Å². The lowest BCUT2D eigenvalue weighted by Crippen LogP contribution is -2.41.